The first kappa shape index (κ1) is 1.16. The largest absolute Gasteiger partial charge is 0.465 e. The number of carbonyl (C=O) groups is 1. The lowest BCUT2D eigenvalue weighted by molar-refractivity contribution is 0.197. The van der Waals surface area contributed by atoms with Gasteiger partial charge >= 0.3 is 6.09 Å². The fraction of sp³-hybridized carbons (Fsp3) is 0.500. The van der Waals surface area contributed by atoms with Gasteiger partial charge in [-0.3, -0.25) is 0 Å². The molecule has 2 N–H and O–H groups in total. The summed E-state index contributed by atoms with van der Waals surface area (Å²) in [7, 11) is 0. The molecule has 0 saturated carbocycles. The van der Waals surface area contributed by atoms with E-state index in [4.69, 9.17) is 9.22 Å². The summed E-state index contributed by atoms with van der Waals surface area (Å²) in [4.78, 5) is 9.54. The Kier molecular flexibility index (Phi) is 0.366. The second-order valence-corrected chi connectivity index (χ2v) is 0.430. The van der Waals surface area contributed by atoms with Crippen LogP contribution in [0.4, 0.5) is 4.79 Å². The summed E-state index contributed by atoms with van der Waals surface area (Å²) < 4.78 is 18.9. The van der Waals surface area contributed by atoms with Crippen LogP contribution in [0.5, 0.6) is 0 Å². The fourth-order valence-electron chi connectivity index (χ4n) is 0. The van der Waals surface area contributed by atoms with Crippen molar-refractivity contribution in [2.75, 3.05) is 6.98 Å². The Morgan fingerprint density at radius 1 is 2.40 bits per heavy atom. The van der Waals surface area contributed by atoms with Crippen LogP contribution < -0.4 is 5.32 Å². The van der Waals surface area contributed by atoms with E-state index in [0.29, 0.717) is 0 Å². The minimum Gasteiger partial charge on any atom is -0.465 e. The zero-order valence-electron chi connectivity index (χ0n) is 5.36. The molecule has 0 aromatic heterocycles. The molecule has 0 radical (unpaired) electrons. The van der Waals surface area contributed by atoms with Crippen LogP contribution in [0.15, 0.2) is 0 Å². The number of amides is 1. The molecule has 30 valence electrons. The van der Waals surface area contributed by atoms with Gasteiger partial charge in [0.25, 0.3) is 0 Å². The predicted octanol–water partition coefficient (Wildman–Crippen LogP) is -0.116. The van der Waals surface area contributed by atoms with Crippen molar-refractivity contribution in [3.05, 3.63) is 0 Å². The van der Waals surface area contributed by atoms with Gasteiger partial charge in [-0.1, -0.05) is 0 Å². The molecular weight excluding hydrogens is 70.0 g/mol. The van der Waals surface area contributed by atoms with Crippen molar-refractivity contribution in [3.63, 3.8) is 0 Å². The smallest absolute Gasteiger partial charge is 0.404 e. The van der Waals surface area contributed by atoms with E-state index in [9.17, 15) is 4.79 Å². The molecule has 0 fully saturated rings. The van der Waals surface area contributed by atoms with E-state index in [-0.39, 0.29) is 0 Å². The Morgan fingerprint density at radius 3 is 3.00 bits per heavy atom. The molecular formula is C2H5NO2. The van der Waals surface area contributed by atoms with Gasteiger partial charge in [0.1, 0.15) is 0 Å². The average Bonchev–Trinajstić information content (AvgIpc) is 1.21. The van der Waals surface area contributed by atoms with E-state index in [0.717, 1.165) is 0 Å². The second kappa shape index (κ2) is 1.58. The molecule has 0 aliphatic rings. The van der Waals surface area contributed by atoms with Gasteiger partial charge < -0.3 is 10.4 Å². The quantitative estimate of drug-likeness (QED) is 0.424. The molecule has 0 aliphatic carbocycles. The molecule has 0 aromatic carbocycles. The molecule has 0 spiro atoms. The number of hydrogen-bond donors (Lipinski definition) is 2. The van der Waals surface area contributed by atoms with E-state index in [1.165, 1.54) is 5.32 Å². The summed E-state index contributed by atoms with van der Waals surface area (Å²) in [5.74, 6) is 0. The number of carboxylic acid groups (broad SMARTS) is 1. The molecule has 5 heavy (non-hydrogen) atoms. The Labute approximate surface area is 33.8 Å². The number of nitrogens with one attached hydrogen (secondary N) is 1. The number of rotatable bonds is 0. The van der Waals surface area contributed by atoms with Crippen LogP contribution in [-0.4, -0.2) is 18.2 Å². The first-order valence-corrected chi connectivity index (χ1v) is 0.928. The highest BCUT2D eigenvalue weighted by Gasteiger charge is 1.76. The van der Waals surface area contributed by atoms with Crippen LogP contribution in [0.2, 0.25) is 0 Å². The van der Waals surface area contributed by atoms with Gasteiger partial charge in [-0.2, -0.15) is 0 Å². The van der Waals surface area contributed by atoms with Gasteiger partial charge in [0.2, 0.25) is 0 Å². The third-order valence-electron chi connectivity index (χ3n) is 0.107. The fourth-order valence-corrected chi connectivity index (χ4v) is 0. The molecule has 0 atom stereocenters. The Hall–Kier alpha value is -0.730. The van der Waals surface area contributed by atoms with E-state index in [2.05, 4.69) is 0 Å². The molecule has 0 aliphatic heterocycles. The Bertz CT molecular complexity index is 97.9. The van der Waals surface area contributed by atoms with Crippen LogP contribution in [0, 0.1) is 0 Å². The molecule has 3 heteroatoms. The van der Waals surface area contributed by atoms with Crippen molar-refractivity contribution in [1.82, 2.24) is 5.32 Å². The monoisotopic (exact) mass is 78.1 g/mol. The molecule has 0 heterocycles. The van der Waals surface area contributed by atoms with E-state index >= 15 is 0 Å². The topological polar surface area (TPSA) is 49.3 Å². The van der Waals surface area contributed by atoms with Crippen molar-refractivity contribution in [1.29, 1.82) is 0 Å². The van der Waals surface area contributed by atoms with Gasteiger partial charge in [0.05, 0.1) is 0 Å². The Balaban J connectivity index is 3.55. The maximum atomic E-state index is 9.54. The highest BCUT2D eigenvalue weighted by Crippen LogP contribution is 1.45. The van der Waals surface area contributed by atoms with Gasteiger partial charge in [-0.05, 0) is 0 Å². The summed E-state index contributed by atoms with van der Waals surface area (Å²) in [5, 5.41) is 9.08. The number of hydrogen-bond acceptors (Lipinski definition) is 1. The van der Waals surface area contributed by atoms with Crippen molar-refractivity contribution < 1.29 is 14.0 Å². The van der Waals surface area contributed by atoms with Crippen LogP contribution in [0.25, 0.3) is 0 Å². The summed E-state index contributed by atoms with van der Waals surface area (Å²) in [5.41, 5.74) is 0. The SMILES string of the molecule is [2H]C([2H])([2H])NC(=O)O. The van der Waals surface area contributed by atoms with Crippen molar-refractivity contribution in [3.8, 4) is 0 Å². The maximum Gasteiger partial charge on any atom is 0.404 e. The summed E-state index contributed by atoms with van der Waals surface area (Å²) in [6.07, 6.45) is -1.54. The molecule has 0 rings (SSSR count). The van der Waals surface area contributed by atoms with E-state index in [1.54, 1.807) is 0 Å². The molecule has 0 unspecified atom stereocenters. The van der Waals surface area contributed by atoms with Crippen LogP contribution in [0.1, 0.15) is 4.11 Å². The molecule has 0 aromatic rings. The van der Waals surface area contributed by atoms with Gasteiger partial charge in [0.15, 0.2) is 0 Å². The zero-order valence-corrected chi connectivity index (χ0v) is 2.36. The Morgan fingerprint density at radius 2 is 3.00 bits per heavy atom. The van der Waals surface area contributed by atoms with E-state index < -0.39 is 13.1 Å². The third-order valence-corrected chi connectivity index (χ3v) is 0.107. The van der Waals surface area contributed by atoms with Crippen LogP contribution in [0.3, 0.4) is 0 Å². The minimum absolute atomic E-state index is 1.30. The average molecular weight is 78.1 g/mol. The lowest BCUT2D eigenvalue weighted by Gasteiger charge is -1.78. The predicted molar refractivity (Wildman–Crippen MR) is 17.1 cm³/mol. The van der Waals surface area contributed by atoms with E-state index in [1.807, 2.05) is 0 Å². The van der Waals surface area contributed by atoms with Crippen molar-refractivity contribution >= 4 is 6.09 Å². The first-order chi connectivity index (χ1) is 3.42. The molecule has 3 nitrogen and oxygen atoms in total. The molecule has 1 amide bonds. The molecule has 0 saturated heterocycles. The summed E-state index contributed by atoms with van der Waals surface area (Å²) in [6, 6.07) is 0. The second-order valence-electron chi connectivity index (χ2n) is 0.430. The molecule has 0 bridgehead atoms. The van der Waals surface area contributed by atoms with Gasteiger partial charge in [-0.25, -0.2) is 4.79 Å². The summed E-state index contributed by atoms with van der Waals surface area (Å²) >= 11 is 0. The standard InChI is InChI=1S/C2H5NO2/c1-3-2(4)5/h3H,1H3,(H,4,5)/i1D3. The first-order valence-electron chi connectivity index (χ1n) is 2.43. The minimum atomic E-state index is -2.58. The third kappa shape index (κ3) is 3.27. The summed E-state index contributed by atoms with van der Waals surface area (Å²) in [6.45, 7) is -2.58. The highest BCUT2D eigenvalue weighted by molar-refractivity contribution is 5.63. The van der Waals surface area contributed by atoms with Crippen LogP contribution >= 0.6 is 0 Å². The van der Waals surface area contributed by atoms with Gasteiger partial charge in [-0.15, -0.1) is 0 Å². The van der Waals surface area contributed by atoms with Crippen LogP contribution in [-0.2, 0) is 0 Å². The van der Waals surface area contributed by atoms with Crippen molar-refractivity contribution in [2.45, 2.75) is 0 Å². The normalized spacial score (nSPS) is 18.0. The lowest BCUT2D eigenvalue weighted by atomic mass is 11.1. The van der Waals surface area contributed by atoms with Gasteiger partial charge in [0, 0.05) is 11.1 Å². The lowest BCUT2D eigenvalue weighted by Crippen LogP contribution is -2.13. The van der Waals surface area contributed by atoms with Crippen molar-refractivity contribution in [2.24, 2.45) is 0 Å². The highest BCUT2D eigenvalue weighted by atomic mass is 16.4. The zero-order chi connectivity index (χ0) is 6.78. The maximum absolute atomic E-state index is 9.54.